The summed E-state index contributed by atoms with van der Waals surface area (Å²) in [5, 5.41) is 9.03. The average molecular weight is 245 g/mol. The molecule has 0 saturated carbocycles. The maximum absolute atomic E-state index is 11.0. The molecule has 0 bridgehead atoms. The molecule has 0 spiro atoms. The Bertz CT molecular complexity index is 234. The van der Waals surface area contributed by atoms with Crippen LogP contribution in [0, 0.1) is 0 Å². The van der Waals surface area contributed by atoms with E-state index in [1.54, 1.807) is 0 Å². The van der Waals surface area contributed by atoms with E-state index < -0.39 is 11.5 Å². The lowest BCUT2D eigenvalue weighted by molar-refractivity contribution is -0.143. The van der Waals surface area contributed by atoms with Gasteiger partial charge in [-0.15, -0.1) is 0 Å². The Morgan fingerprint density at radius 2 is 1.82 bits per heavy atom. The minimum atomic E-state index is -1.05. The molecular weight excluding hydrogens is 218 g/mol. The molecule has 0 aliphatic carbocycles. The van der Waals surface area contributed by atoms with E-state index in [0.717, 1.165) is 26.1 Å². The van der Waals surface area contributed by atoms with Gasteiger partial charge in [-0.2, -0.15) is 0 Å². The van der Waals surface area contributed by atoms with Gasteiger partial charge in [0.15, 0.2) is 0 Å². The van der Waals surface area contributed by atoms with Crippen LogP contribution in [0.5, 0.6) is 0 Å². The summed E-state index contributed by atoms with van der Waals surface area (Å²) >= 11 is 0. The van der Waals surface area contributed by atoms with Crippen LogP contribution in [0.4, 0.5) is 0 Å². The number of carboxylic acids is 1. The van der Waals surface area contributed by atoms with E-state index >= 15 is 0 Å². The minimum Gasteiger partial charge on any atom is -0.480 e. The highest BCUT2D eigenvalue weighted by molar-refractivity contribution is 5.78. The van der Waals surface area contributed by atoms with Gasteiger partial charge in [0.25, 0.3) is 0 Å². The molecule has 0 aromatic carbocycles. The van der Waals surface area contributed by atoms with Gasteiger partial charge in [-0.05, 0) is 47.0 Å². The lowest BCUT2D eigenvalue weighted by Gasteiger charge is -2.25. The van der Waals surface area contributed by atoms with Crippen molar-refractivity contribution in [2.75, 3.05) is 40.8 Å². The zero-order chi connectivity index (χ0) is 13.5. The van der Waals surface area contributed by atoms with Gasteiger partial charge >= 0.3 is 5.97 Å². The maximum atomic E-state index is 11.0. The Morgan fingerprint density at radius 1 is 1.24 bits per heavy atom. The molecule has 0 saturated heterocycles. The zero-order valence-corrected chi connectivity index (χ0v) is 11.6. The molecule has 0 rings (SSSR count). The molecule has 0 amide bonds. The van der Waals surface area contributed by atoms with Crippen molar-refractivity contribution in [3.05, 3.63) is 0 Å². The molecule has 0 aromatic heterocycles. The van der Waals surface area contributed by atoms with Crippen LogP contribution in [-0.4, -0.2) is 67.2 Å². The first-order chi connectivity index (χ1) is 7.81. The molecular formula is C12H27N3O2. The van der Waals surface area contributed by atoms with Crippen LogP contribution in [0.2, 0.25) is 0 Å². The molecule has 0 fully saturated rings. The SMILES string of the molecule is CCC(N)(CCCN(C)CCN(C)C)C(=O)O. The fraction of sp³-hybridized carbons (Fsp3) is 0.917. The first kappa shape index (κ1) is 16.4. The van der Waals surface area contributed by atoms with Crippen molar-refractivity contribution in [2.24, 2.45) is 5.73 Å². The second-order valence-electron chi connectivity index (χ2n) is 5.02. The van der Waals surface area contributed by atoms with E-state index in [-0.39, 0.29) is 0 Å². The van der Waals surface area contributed by atoms with Crippen molar-refractivity contribution in [1.29, 1.82) is 0 Å². The molecule has 5 nitrogen and oxygen atoms in total. The third kappa shape index (κ3) is 6.61. The summed E-state index contributed by atoms with van der Waals surface area (Å²) in [7, 11) is 6.13. The summed E-state index contributed by atoms with van der Waals surface area (Å²) in [5.74, 6) is -0.893. The Labute approximate surface area is 105 Å². The zero-order valence-electron chi connectivity index (χ0n) is 11.6. The van der Waals surface area contributed by atoms with Crippen LogP contribution < -0.4 is 5.73 Å². The van der Waals surface area contributed by atoms with Gasteiger partial charge in [0.1, 0.15) is 5.54 Å². The number of carbonyl (C=O) groups is 1. The van der Waals surface area contributed by atoms with Gasteiger partial charge < -0.3 is 20.6 Å². The van der Waals surface area contributed by atoms with Crippen molar-refractivity contribution < 1.29 is 9.90 Å². The molecule has 17 heavy (non-hydrogen) atoms. The summed E-state index contributed by atoms with van der Waals surface area (Å²) in [5.41, 5.74) is 4.77. The maximum Gasteiger partial charge on any atom is 0.323 e. The molecule has 102 valence electrons. The summed E-state index contributed by atoms with van der Waals surface area (Å²) < 4.78 is 0. The topological polar surface area (TPSA) is 69.8 Å². The largest absolute Gasteiger partial charge is 0.480 e. The van der Waals surface area contributed by atoms with E-state index in [1.165, 1.54) is 0 Å². The number of nitrogens with two attached hydrogens (primary N) is 1. The number of carboxylic acid groups (broad SMARTS) is 1. The van der Waals surface area contributed by atoms with Crippen LogP contribution in [0.1, 0.15) is 26.2 Å². The van der Waals surface area contributed by atoms with Crippen LogP contribution in [-0.2, 0) is 4.79 Å². The molecule has 1 unspecified atom stereocenters. The number of hydrogen-bond acceptors (Lipinski definition) is 4. The van der Waals surface area contributed by atoms with E-state index in [9.17, 15) is 4.79 Å². The monoisotopic (exact) mass is 245 g/mol. The molecule has 1 atom stereocenters. The average Bonchev–Trinajstić information content (AvgIpc) is 2.25. The Hall–Kier alpha value is -0.650. The third-order valence-electron chi connectivity index (χ3n) is 3.15. The fourth-order valence-corrected chi connectivity index (χ4v) is 1.58. The first-order valence-corrected chi connectivity index (χ1v) is 6.17. The van der Waals surface area contributed by atoms with Crippen molar-refractivity contribution >= 4 is 5.97 Å². The van der Waals surface area contributed by atoms with Gasteiger partial charge in [0.05, 0.1) is 0 Å². The van der Waals surface area contributed by atoms with Crippen molar-refractivity contribution in [3.8, 4) is 0 Å². The van der Waals surface area contributed by atoms with E-state index in [1.807, 2.05) is 21.0 Å². The number of nitrogens with zero attached hydrogens (tertiary/aromatic N) is 2. The molecule has 5 heteroatoms. The van der Waals surface area contributed by atoms with Crippen molar-refractivity contribution in [2.45, 2.75) is 31.7 Å². The number of likely N-dealkylation sites (N-methyl/N-ethyl adjacent to an activating group) is 2. The molecule has 0 heterocycles. The van der Waals surface area contributed by atoms with Crippen LogP contribution in [0.3, 0.4) is 0 Å². The van der Waals surface area contributed by atoms with E-state index in [0.29, 0.717) is 12.8 Å². The molecule has 0 radical (unpaired) electrons. The minimum absolute atomic E-state index is 0.476. The highest BCUT2D eigenvalue weighted by atomic mass is 16.4. The van der Waals surface area contributed by atoms with Crippen LogP contribution >= 0.6 is 0 Å². The Kier molecular flexibility index (Phi) is 7.34. The summed E-state index contributed by atoms with van der Waals surface area (Å²) in [6.45, 7) is 4.71. The first-order valence-electron chi connectivity index (χ1n) is 6.17. The quantitative estimate of drug-likeness (QED) is 0.617. The van der Waals surface area contributed by atoms with Crippen molar-refractivity contribution in [3.63, 3.8) is 0 Å². The van der Waals surface area contributed by atoms with E-state index in [2.05, 4.69) is 16.8 Å². The lowest BCUT2D eigenvalue weighted by atomic mass is 9.92. The number of rotatable bonds is 9. The summed E-state index contributed by atoms with van der Waals surface area (Å²) in [6, 6.07) is 0. The van der Waals surface area contributed by atoms with Gasteiger partial charge in [-0.1, -0.05) is 6.92 Å². The van der Waals surface area contributed by atoms with Gasteiger partial charge in [-0.25, -0.2) is 0 Å². The molecule has 0 aliphatic rings. The highest BCUT2D eigenvalue weighted by Crippen LogP contribution is 2.14. The Balaban J connectivity index is 3.85. The summed E-state index contributed by atoms with van der Waals surface area (Å²) in [6.07, 6.45) is 1.83. The second kappa shape index (κ2) is 7.63. The summed E-state index contributed by atoms with van der Waals surface area (Å²) in [4.78, 5) is 15.3. The highest BCUT2D eigenvalue weighted by Gasteiger charge is 2.30. The predicted molar refractivity (Wildman–Crippen MR) is 70.1 cm³/mol. The third-order valence-corrected chi connectivity index (χ3v) is 3.15. The van der Waals surface area contributed by atoms with Gasteiger partial charge in [0.2, 0.25) is 0 Å². The molecule has 0 aromatic rings. The van der Waals surface area contributed by atoms with Crippen LogP contribution in [0.15, 0.2) is 0 Å². The molecule has 0 aliphatic heterocycles. The fourth-order valence-electron chi connectivity index (χ4n) is 1.58. The number of hydrogen-bond donors (Lipinski definition) is 2. The number of aliphatic carboxylic acids is 1. The van der Waals surface area contributed by atoms with Gasteiger partial charge in [-0.3, -0.25) is 4.79 Å². The standard InChI is InChI=1S/C12H27N3O2/c1-5-12(13,11(16)17)7-6-8-15(4)10-9-14(2)3/h5-10,13H2,1-4H3,(H,16,17). The van der Waals surface area contributed by atoms with Crippen molar-refractivity contribution in [1.82, 2.24) is 9.80 Å². The second-order valence-corrected chi connectivity index (χ2v) is 5.02. The van der Waals surface area contributed by atoms with Crippen LogP contribution in [0.25, 0.3) is 0 Å². The van der Waals surface area contributed by atoms with E-state index in [4.69, 9.17) is 10.8 Å². The lowest BCUT2D eigenvalue weighted by Crippen LogP contribution is -2.47. The normalized spacial score (nSPS) is 15.2. The smallest absolute Gasteiger partial charge is 0.323 e. The predicted octanol–water partition coefficient (Wildman–Crippen LogP) is 0.452. The Morgan fingerprint density at radius 3 is 2.24 bits per heavy atom. The molecule has 3 N–H and O–H groups in total. The van der Waals surface area contributed by atoms with Gasteiger partial charge in [0, 0.05) is 13.1 Å².